The maximum absolute atomic E-state index is 12.5. The molecule has 2 aliphatic rings. The lowest BCUT2D eigenvalue weighted by atomic mass is 9.94. The molecule has 23 heavy (non-hydrogen) atoms. The quantitative estimate of drug-likeness (QED) is 0.667. The van der Waals surface area contributed by atoms with E-state index in [4.69, 9.17) is 4.74 Å². The fraction of sp³-hybridized carbons (Fsp3) is 0.526. The van der Waals surface area contributed by atoms with Crippen molar-refractivity contribution in [1.29, 1.82) is 0 Å². The molecule has 1 fully saturated rings. The molecule has 0 spiro atoms. The summed E-state index contributed by atoms with van der Waals surface area (Å²) < 4.78 is 5.59. The fourth-order valence-electron chi connectivity index (χ4n) is 3.50. The maximum Gasteiger partial charge on any atom is 0.411 e. The first-order valence-electron chi connectivity index (χ1n) is 8.24. The molecule has 1 amide bonds. The van der Waals surface area contributed by atoms with E-state index in [-0.39, 0.29) is 18.2 Å². The van der Waals surface area contributed by atoms with Gasteiger partial charge in [0.25, 0.3) is 0 Å². The Bertz CT molecular complexity index is 633. The number of fused-ring (bicyclic) bond motifs is 2. The van der Waals surface area contributed by atoms with E-state index in [0.29, 0.717) is 0 Å². The lowest BCUT2D eigenvalue weighted by Gasteiger charge is -2.35. The van der Waals surface area contributed by atoms with Crippen LogP contribution in [0.3, 0.4) is 0 Å². The van der Waals surface area contributed by atoms with E-state index in [0.717, 1.165) is 24.6 Å². The second kappa shape index (κ2) is 6.31. The monoisotopic (exact) mass is 377 g/mol. The van der Waals surface area contributed by atoms with Crippen molar-refractivity contribution in [3.05, 3.63) is 41.5 Å². The lowest BCUT2D eigenvalue weighted by molar-refractivity contribution is 0.0175. The molecule has 2 unspecified atom stereocenters. The summed E-state index contributed by atoms with van der Waals surface area (Å²) in [6, 6.07) is 9.08. The van der Waals surface area contributed by atoms with Crippen molar-refractivity contribution in [2.75, 3.05) is 0 Å². The van der Waals surface area contributed by atoms with E-state index in [9.17, 15) is 4.79 Å². The molecule has 0 N–H and O–H groups in total. The van der Waals surface area contributed by atoms with Gasteiger partial charge < -0.3 is 4.74 Å². The Hall–Kier alpha value is -1.29. The van der Waals surface area contributed by atoms with Crippen molar-refractivity contribution in [3.8, 4) is 0 Å². The number of hydrogen-bond acceptors (Lipinski definition) is 2. The minimum atomic E-state index is -0.440. The van der Waals surface area contributed by atoms with Crippen LogP contribution in [-0.4, -0.2) is 28.7 Å². The highest BCUT2D eigenvalue weighted by Gasteiger charge is 2.41. The normalized spacial score (nSPS) is 23.7. The molecule has 2 aliphatic heterocycles. The molecule has 3 rings (SSSR count). The average Bonchev–Trinajstić information content (AvgIpc) is 2.76. The Balaban J connectivity index is 1.81. The molecular weight excluding hydrogens is 354 g/mol. The van der Waals surface area contributed by atoms with Gasteiger partial charge in [-0.25, -0.2) is 4.79 Å². The van der Waals surface area contributed by atoms with Crippen LogP contribution in [0.5, 0.6) is 0 Å². The molecular formula is C19H24BrNO2. The minimum Gasteiger partial charge on any atom is -0.444 e. The maximum atomic E-state index is 12.5. The Kier molecular flexibility index (Phi) is 4.54. The van der Waals surface area contributed by atoms with E-state index in [1.807, 2.05) is 25.7 Å². The second-order valence-corrected chi connectivity index (χ2v) is 7.98. The van der Waals surface area contributed by atoms with Gasteiger partial charge in [0.2, 0.25) is 0 Å². The topological polar surface area (TPSA) is 29.5 Å². The Morgan fingerprint density at radius 3 is 2.78 bits per heavy atom. The first-order chi connectivity index (χ1) is 10.9. The predicted octanol–water partition coefficient (Wildman–Crippen LogP) is 5.14. The van der Waals surface area contributed by atoms with Crippen molar-refractivity contribution >= 4 is 27.6 Å². The Labute approximate surface area is 146 Å². The number of ether oxygens (including phenoxy) is 1. The summed E-state index contributed by atoms with van der Waals surface area (Å²) in [7, 11) is 0. The van der Waals surface area contributed by atoms with Crippen LogP contribution in [0.15, 0.2) is 30.3 Å². The number of amides is 1. The molecule has 2 atom stereocenters. The number of hydrogen-bond donors (Lipinski definition) is 0. The highest BCUT2D eigenvalue weighted by molar-refractivity contribution is 9.08. The zero-order chi connectivity index (χ0) is 16.6. The van der Waals surface area contributed by atoms with Crippen molar-refractivity contribution in [3.63, 3.8) is 0 Å². The van der Waals surface area contributed by atoms with Crippen molar-refractivity contribution < 1.29 is 9.53 Å². The van der Waals surface area contributed by atoms with Gasteiger partial charge in [0, 0.05) is 11.4 Å². The third-order valence-electron chi connectivity index (χ3n) is 4.45. The second-order valence-electron chi connectivity index (χ2n) is 7.42. The molecule has 0 aromatic heterocycles. The van der Waals surface area contributed by atoms with Crippen molar-refractivity contribution in [1.82, 2.24) is 4.90 Å². The third kappa shape index (κ3) is 3.63. The van der Waals surface area contributed by atoms with Gasteiger partial charge in [0.1, 0.15) is 5.60 Å². The van der Waals surface area contributed by atoms with Gasteiger partial charge in [-0.15, -0.1) is 0 Å². The van der Waals surface area contributed by atoms with E-state index in [1.54, 1.807) is 0 Å². The van der Waals surface area contributed by atoms with Crippen LogP contribution in [0.2, 0.25) is 0 Å². The molecule has 0 radical (unpaired) electrons. The van der Waals surface area contributed by atoms with E-state index < -0.39 is 5.60 Å². The molecule has 3 nitrogen and oxygen atoms in total. The highest BCUT2D eigenvalue weighted by atomic mass is 79.9. The van der Waals surface area contributed by atoms with Crippen molar-refractivity contribution in [2.45, 2.75) is 63.0 Å². The summed E-state index contributed by atoms with van der Waals surface area (Å²) >= 11 is 3.52. The van der Waals surface area contributed by atoms with Crippen LogP contribution >= 0.6 is 15.9 Å². The summed E-state index contributed by atoms with van der Waals surface area (Å²) in [4.78, 5) is 14.4. The molecule has 1 aromatic rings. The van der Waals surface area contributed by atoms with Gasteiger partial charge in [-0.3, -0.25) is 4.90 Å². The summed E-state index contributed by atoms with van der Waals surface area (Å²) in [5.41, 5.74) is 3.48. The first-order valence-corrected chi connectivity index (χ1v) is 9.37. The lowest BCUT2D eigenvalue weighted by Crippen LogP contribution is -2.45. The summed E-state index contributed by atoms with van der Waals surface area (Å²) in [6.07, 6.45) is 5.10. The number of halogens is 1. The molecule has 4 heteroatoms. The van der Waals surface area contributed by atoms with Gasteiger partial charge >= 0.3 is 6.09 Å². The number of benzene rings is 1. The van der Waals surface area contributed by atoms with Gasteiger partial charge in [-0.1, -0.05) is 46.3 Å². The number of carbonyl (C=O) groups is 1. The average molecular weight is 378 g/mol. The predicted molar refractivity (Wildman–Crippen MR) is 96.6 cm³/mol. The molecule has 124 valence electrons. The van der Waals surface area contributed by atoms with Gasteiger partial charge in [-0.05, 0) is 56.7 Å². The first kappa shape index (κ1) is 16.6. The third-order valence-corrected chi connectivity index (χ3v) is 5.10. The molecule has 1 aromatic carbocycles. The van der Waals surface area contributed by atoms with Crippen LogP contribution in [0.25, 0.3) is 5.57 Å². The van der Waals surface area contributed by atoms with Gasteiger partial charge in [-0.2, -0.15) is 0 Å². The van der Waals surface area contributed by atoms with Gasteiger partial charge in [0.15, 0.2) is 0 Å². The van der Waals surface area contributed by atoms with Gasteiger partial charge in [0.05, 0.1) is 6.04 Å². The molecule has 1 saturated heterocycles. The van der Waals surface area contributed by atoms with E-state index >= 15 is 0 Å². The zero-order valence-corrected chi connectivity index (χ0v) is 15.6. The summed E-state index contributed by atoms with van der Waals surface area (Å²) in [6.45, 7) is 5.76. The molecule has 2 bridgehead atoms. The molecule has 0 aliphatic carbocycles. The molecule has 0 saturated carbocycles. The van der Waals surface area contributed by atoms with E-state index in [1.165, 1.54) is 16.7 Å². The SMILES string of the molecule is CC(C)(C)OC(=O)N1C2C=C(c3cccc(CBr)c3)CC1CC2. The highest BCUT2D eigenvalue weighted by Crippen LogP contribution is 2.39. The van der Waals surface area contributed by atoms with Crippen LogP contribution in [0.1, 0.15) is 51.2 Å². The van der Waals surface area contributed by atoms with Crippen LogP contribution in [0, 0.1) is 0 Å². The number of nitrogens with zero attached hydrogens (tertiary/aromatic N) is 1. The Morgan fingerprint density at radius 1 is 1.35 bits per heavy atom. The number of carbonyl (C=O) groups excluding carboxylic acids is 1. The van der Waals surface area contributed by atoms with Crippen LogP contribution in [0.4, 0.5) is 4.79 Å². The summed E-state index contributed by atoms with van der Waals surface area (Å²) in [5.74, 6) is 0. The number of rotatable bonds is 2. The van der Waals surface area contributed by atoms with Crippen LogP contribution < -0.4 is 0 Å². The van der Waals surface area contributed by atoms with Crippen LogP contribution in [-0.2, 0) is 10.1 Å². The Morgan fingerprint density at radius 2 is 2.13 bits per heavy atom. The fourth-order valence-corrected chi connectivity index (χ4v) is 3.85. The zero-order valence-electron chi connectivity index (χ0n) is 14.0. The van der Waals surface area contributed by atoms with Crippen molar-refractivity contribution in [2.24, 2.45) is 0 Å². The largest absolute Gasteiger partial charge is 0.444 e. The smallest absolute Gasteiger partial charge is 0.411 e. The van der Waals surface area contributed by atoms with E-state index in [2.05, 4.69) is 46.3 Å². The minimum absolute atomic E-state index is 0.172. The standard InChI is InChI=1S/C19H24BrNO2/c1-19(2,3)23-18(22)21-16-7-8-17(21)11-15(10-16)14-6-4-5-13(9-14)12-20/h4-6,9-10,16-17H,7-8,11-12H2,1-3H3. The molecule has 2 heterocycles. The number of alkyl halides is 1. The summed E-state index contributed by atoms with van der Waals surface area (Å²) in [5, 5.41) is 0.866.